The Morgan fingerprint density at radius 2 is 1.96 bits per heavy atom. The fourth-order valence-electron chi connectivity index (χ4n) is 2.21. The molecule has 6 nitrogen and oxygen atoms in total. The number of nitrogens with one attached hydrogen (secondary N) is 2. The van der Waals surface area contributed by atoms with Crippen molar-refractivity contribution in [2.75, 3.05) is 28.8 Å². The maximum atomic E-state index is 10.5. The second kappa shape index (κ2) is 8.75. The summed E-state index contributed by atoms with van der Waals surface area (Å²) in [7, 11) is 0. The number of halogens is 1. The third-order valence-corrected chi connectivity index (χ3v) is 3.82. The van der Waals surface area contributed by atoms with Gasteiger partial charge in [0.25, 0.3) is 0 Å². The summed E-state index contributed by atoms with van der Waals surface area (Å²) >= 11 is 6.07. The largest absolute Gasteiger partial charge is 0.371 e. The molecule has 0 heterocycles. The van der Waals surface area contributed by atoms with Crippen LogP contribution in [0.1, 0.15) is 13.3 Å². The van der Waals surface area contributed by atoms with Crippen LogP contribution in [-0.2, 0) is 0 Å². The highest BCUT2D eigenvalue weighted by Gasteiger charge is 2.05. The van der Waals surface area contributed by atoms with Gasteiger partial charge in [0.1, 0.15) is 5.69 Å². The van der Waals surface area contributed by atoms with Gasteiger partial charge in [-0.05, 0) is 54.6 Å². The van der Waals surface area contributed by atoms with Crippen LogP contribution in [0.25, 0.3) is 0 Å². The Morgan fingerprint density at radius 3 is 2.54 bits per heavy atom. The number of hydrazine groups is 1. The summed E-state index contributed by atoms with van der Waals surface area (Å²) in [5.74, 6) is 0. The molecule has 0 spiro atoms. The maximum Gasteiger partial charge on any atom is 0.109 e. The number of hydrogen-bond acceptors (Lipinski definition) is 6. The van der Waals surface area contributed by atoms with Gasteiger partial charge in [0.2, 0.25) is 0 Å². The van der Waals surface area contributed by atoms with Crippen LogP contribution in [0.3, 0.4) is 0 Å². The average molecular weight is 344 g/mol. The highest BCUT2D eigenvalue weighted by molar-refractivity contribution is 6.33. The third-order valence-electron chi connectivity index (χ3n) is 3.51. The number of hydrogen-bond donors (Lipinski definition) is 2. The van der Waals surface area contributed by atoms with Crippen LogP contribution in [0.4, 0.5) is 22.7 Å². The summed E-state index contributed by atoms with van der Waals surface area (Å²) in [6.07, 6.45) is 0.500. The summed E-state index contributed by atoms with van der Waals surface area (Å²) in [5, 5.41) is 12.0. The summed E-state index contributed by atoms with van der Waals surface area (Å²) in [6.45, 7) is 3.62. The van der Waals surface area contributed by atoms with Crippen molar-refractivity contribution in [3.8, 4) is 6.07 Å². The van der Waals surface area contributed by atoms with Gasteiger partial charge in [0.05, 0.1) is 28.9 Å². The fraction of sp³-hybridized carbons (Fsp3) is 0.235. The predicted octanol–water partition coefficient (Wildman–Crippen LogP) is 4.92. The highest BCUT2D eigenvalue weighted by Crippen LogP contribution is 2.27. The van der Waals surface area contributed by atoms with Crippen LogP contribution >= 0.6 is 11.6 Å². The molecule has 0 bridgehead atoms. The lowest BCUT2D eigenvalue weighted by Gasteiger charge is -2.22. The highest BCUT2D eigenvalue weighted by atomic mass is 35.5. The second-order valence-corrected chi connectivity index (χ2v) is 5.45. The Balaban J connectivity index is 1.99. The first-order chi connectivity index (χ1) is 11.7. The molecule has 124 valence electrons. The minimum atomic E-state index is 0.284. The molecule has 2 rings (SSSR count). The van der Waals surface area contributed by atoms with E-state index in [0.29, 0.717) is 23.7 Å². The second-order valence-electron chi connectivity index (χ2n) is 5.04. The Bertz CT molecular complexity index is 727. The number of rotatable bonds is 8. The lowest BCUT2D eigenvalue weighted by molar-refractivity contribution is 0.827. The van der Waals surface area contributed by atoms with Gasteiger partial charge in [-0.3, -0.25) is 5.43 Å². The normalized spacial score (nSPS) is 9.88. The lowest BCUT2D eigenvalue weighted by Crippen LogP contribution is -2.23. The van der Waals surface area contributed by atoms with E-state index in [-0.39, 0.29) is 5.69 Å². The van der Waals surface area contributed by atoms with E-state index in [0.717, 1.165) is 17.9 Å². The number of nitriles is 1. The van der Waals surface area contributed by atoms with Crippen LogP contribution in [0, 0.1) is 16.2 Å². The molecular formula is C17H18ClN5O. The van der Waals surface area contributed by atoms with Crippen LogP contribution < -0.4 is 15.8 Å². The number of nitrogens with zero attached hydrogens (tertiary/aromatic N) is 3. The van der Waals surface area contributed by atoms with E-state index in [1.54, 1.807) is 12.1 Å². The monoisotopic (exact) mass is 343 g/mol. The molecule has 0 fully saturated rings. The number of nitroso groups, excluding NO2 is 1. The summed E-state index contributed by atoms with van der Waals surface area (Å²) < 4.78 is 0. The van der Waals surface area contributed by atoms with Crippen LogP contribution in [-0.4, -0.2) is 13.1 Å². The van der Waals surface area contributed by atoms with Crippen molar-refractivity contribution in [2.24, 2.45) is 5.18 Å². The Morgan fingerprint density at radius 1 is 1.21 bits per heavy atom. The first-order valence-corrected chi connectivity index (χ1v) is 7.92. The third kappa shape index (κ3) is 4.61. The van der Waals surface area contributed by atoms with E-state index in [9.17, 15) is 4.91 Å². The summed E-state index contributed by atoms with van der Waals surface area (Å²) in [6, 6.07) is 14.8. The zero-order valence-corrected chi connectivity index (χ0v) is 14.0. The lowest BCUT2D eigenvalue weighted by atomic mass is 10.2. The van der Waals surface area contributed by atoms with Crippen LogP contribution in [0.2, 0.25) is 5.02 Å². The van der Waals surface area contributed by atoms with Crippen molar-refractivity contribution in [1.29, 1.82) is 5.26 Å². The van der Waals surface area contributed by atoms with Crippen LogP contribution in [0.15, 0.2) is 47.6 Å². The van der Waals surface area contributed by atoms with E-state index in [2.05, 4.69) is 33.9 Å². The number of benzene rings is 2. The zero-order chi connectivity index (χ0) is 17.4. The van der Waals surface area contributed by atoms with E-state index in [1.807, 2.05) is 24.3 Å². The van der Waals surface area contributed by atoms with E-state index in [4.69, 9.17) is 16.9 Å². The van der Waals surface area contributed by atoms with Crippen molar-refractivity contribution < 1.29 is 0 Å². The molecule has 7 heteroatoms. The van der Waals surface area contributed by atoms with Crippen molar-refractivity contribution in [1.82, 2.24) is 0 Å². The van der Waals surface area contributed by atoms with Gasteiger partial charge in [0.15, 0.2) is 0 Å². The maximum absolute atomic E-state index is 10.5. The Hall–Kier alpha value is -2.78. The SMILES string of the molecule is CCN(CCC#N)c1ccc(NNc2ccc(N=O)cc2Cl)cc1. The number of anilines is 3. The molecule has 24 heavy (non-hydrogen) atoms. The van der Waals surface area contributed by atoms with Gasteiger partial charge in [-0.25, -0.2) is 0 Å². The smallest absolute Gasteiger partial charge is 0.109 e. The molecule has 2 aromatic carbocycles. The molecule has 0 aliphatic heterocycles. The molecule has 0 amide bonds. The van der Waals surface area contributed by atoms with Gasteiger partial charge >= 0.3 is 0 Å². The molecule has 0 aliphatic carbocycles. The molecule has 0 saturated carbocycles. The zero-order valence-electron chi connectivity index (χ0n) is 13.3. The van der Waals surface area contributed by atoms with E-state index in [1.165, 1.54) is 6.07 Å². The standard InChI is InChI=1S/C17H18ClN5O/c1-2-23(11-3-10-19)15-7-4-13(5-8-15)20-21-17-9-6-14(22-24)12-16(17)18/h4-9,12,20-21H,2-3,11H2,1H3. The predicted molar refractivity (Wildman–Crippen MR) is 98.7 cm³/mol. The quantitative estimate of drug-likeness (QED) is 0.525. The first kappa shape index (κ1) is 17.6. The molecule has 0 saturated heterocycles. The molecule has 2 N–H and O–H groups in total. The minimum Gasteiger partial charge on any atom is -0.371 e. The summed E-state index contributed by atoms with van der Waals surface area (Å²) in [4.78, 5) is 12.6. The van der Waals surface area contributed by atoms with Crippen molar-refractivity contribution in [3.63, 3.8) is 0 Å². The van der Waals surface area contributed by atoms with E-state index < -0.39 is 0 Å². The van der Waals surface area contributed by atoms with Gasteiger partial charge in [-0.2, -0.15) is 5.26 Å². The molecule has 0 atom stereocenters. The van der Waals surface area contributed by atoms with E-state index >= 15 is 0 Å². The molecule has 0 radical (unpaired) electrons. The summed E-state index contributed by atoms with van der Waals surface area (Å²) in [5.41, 5.74) is 8.91. The van der Waals surface area contributed by atoms with Crippen molar-refractivity contribution in [2.45, 2.75) is 13.3 Å². The molecule has 0 aliphatic rings. The fourth-order valence-corrected chi connectivity index (χ4v) is 2.43. The molecule has 2 aromatic rings. The van der Waals surface area contributed by atoms with Gasteiger partial charge < -0.3 is 10.3 Å². The molecular weight excluding hydrogens is 326 g/mol. The van der Waals surface area contributed by atoms with Crippen LogP contribution in [0.5, 0.6) is 0 Å². The van der Waals surface area contributed by atoms with Gasteiger partial charge in [0, 0.05) is 18.8 Å². The first-order valence-electron chi connectivity index (χ1n) is 7.54. The van der Waals surface area contributed by atoms with Crippen molar-refractivity contribution in [3.05, 3.63) is 52.4 Å². The van der Waals surface area contributed by atoms with Crippen molar-refractivity contribution >= 4 is 34.4 Å². The Labute approximate surface area is 146 Å². The average Bonchev–Trinajstić information content (AvgIpc) is 2.62. The van der Waals surface area contributed by atoms with Gasteiger partial charge in [-0.15, -0.1) is 4.91 Å². The molecule has 0 aromatic heterocycles. The molecule has 0 unspecified atom stereocenters. The minimum absolute atomic E-state index is 0.284. The van der Waals surface area contributed by atoms with Gasteiger partial charge in [-0.1, -0.05) is 11.6 Å². The Kier molecular flexibility index (Phi) is 6.41. The topological polar surface area (TPSA) is 80.5 Å².